The van der Waals surface area contributed by atoms with Gasteiger partial charge in [0.05, 0.1) is 12.1 Å². The fraction of sp³-hybridized carbons (Fsp3) is 0.600. The van der Waals surface area contributed by atoms with Crippen molar-refractivity contribution in [2.75, 3.05) is 19.7 Å². The maximum atomic E-state index is 12.6. The average molecular weight is 357 g/mol. The summed E-state index contributed by atoms with van der Waals surface area (Å²) in [4.78, 5) is 26.0. The number of benzene rings is 1. The van der Waals surface area contributed by atoms with E-state index in [4.69, 9.17) is 4.74 Å². The summed E-state index contributed by atoms with van der Waals surface area (Å²) in [6.07, 6.45) is 3.11. The normalized spacial score (nSPS) is 31.2. The van der Waals surface area contributed by atoms with E-state index >= 15 is 0 Å². The summed E-state index contributed by atoms with van der Waals surface area (Å²) in [5.41, 5.74) is 0.759. The predicted octanol–water partition coefficient (Wildman–Crippen LogP) is 1.17. The van der Waals surface area contributed by atoms with Crippen molar-refractivity contribution in [2.24, 2.45) is 5.92 Å². The van der Waals surface area contributed by atoms with Crippen molar-refractivity contribution in [3.05, 3.63) is 35.9 Å². The van der Waals surface area contributed by atoms with Crippen LogP contribution in [0.1, 0.15) is 36.5 Å². The Labute approximate surface area is 154 Å². The molecular formula is C20H27N3O3. The summed E-state index contributed by atoms with van der Waals surface area (Å²) in [6, 6.07) is 10.2. The molecule has 0 spiro atoms. The summed E-state index contributed by atoms with van der Waals surface area (Å²) in [5.74, 6) is 0.614. The third-order valence-electron chi connectivity index (χ3n) is 5.99. The van der Waals surface area contributed by atoms with Gasteiger partial charge in [-0.15, -0.1) is 0 Å². The standard InChI is InChI=1S/C20H27N3O3/c1-13(24)21-18-17(16-9-12-26-19(16)18)22-15-7-10-23(11-8-15)20(25)14-5-3-2-4-6-14/h2-6,15-19,22H,7-12H2,1H3,(H,21,24)/t16-,17+,18-,19-/m0/s1. The van der Waals surface area contributed by atoms with E-state index in [1.807, 2.05) is 35.2 Å². The van der Waals surface area contributed by atoms with Crippen LogP contribution in [0.2, 0.25) is 0 Å². The van der Waals surface area contributed by atoms with Gasteiger partial charge in [0.1, 0.15) is 0 Å². The van der Waals surface area contributed by atoms with Crippen LogP contribution in [0.3, 0.4) is 0 Å². The van der Waals surface area contributed by atoms with Gasteiger partial charge in [-0.1, -0.05) is 18.2 Å². The first-order valence-corrected chi connectivity index (χ1v) is 9.62. The minimum absolute atomic E-state index is 0.000901. The summed E-state index contributed by atoms with van der Waals surface area (Å²) >= 11 is 0. The number of rotatable bonds is 4. The molecule has 2 amide bonds. The lowest BCUT2D eigenvalue weighted by Crippen LogP contribution is -2.71. The van der Waals surface area contributed by atoms with Crippen molar-refractivity contribution < 1.29 is 14.3 Å². The summed E-state index contributed by atoms with van der Waals surface area (Å²) in [5, 5.41) is 6.80. The Balaban J connectivity index is 1.31. The number of amides is 2. The summed E-state index contributed by atoms with van der Waals surface area (Å²) in [7, 11) is 0. The van der Waals surface area contributed by atoms with Gasteiger partial charge in [0.2, 0.25) is 5.91 Å². The molecule has 1 aromatic carbocycles. The first-order chi connectivity index (χ1) is 12.6. The minimum atomic E-state index is -0.000901. The van der Waals surface area contributed by atoms with Crippen LogP contribution in [0.15, 0.2) is 30.3 Å². The maximum absolute atomic E-state index is 12.6. The number of hydrogen-bond donors (Lipinski definition) is 2. The molecule has 4 rings (SSSR count). The van der Waals surface area contributed by atoms with Crippen molar-refractivity contribution in [1.82, 2.24) is 15.5 Å². The van der Waals surface area contributed by atoms with E-state index in [-0.39, 0.29) is 30.0 Å². The second-order valence-corrected chi connectivity index (χ2v) is 7.64. The molecule has 2 heterocycles. The van der Waals surface area contributed by atoms with E-state index in [2.05, 4.69) is 10.6 Å². The van der Waals surface area contributed by atoms with E-state index in [9.17, 15) is 9.59 Å². The molecule has 0 unspecified atom stereocenters. The molecule has 1 aliphatic carbocycles. The van der Waals surface area contributed by atoms with Crippen molar-refractivity contribution in [1.29, 1.82) is 0 Å². The first kappa shape index (κ1) is 17.5. The number of nitrogens with zero attached hydrogens (tertiary/aromatic N) is 1. The highest BCUT2D eigenvalue weighted by Gasteiger charge is 2.54. The second kappa shape index (κ2) is 7.37. The molecule has 3 aliphatic rings. The van der Waals surface area contributed by atoms with Gasteiger partial charge >= 0.3 is 0 Å². The average Bonchev–Trinajstić information content (AvgIpc) is 3.09. The van der Waals surface area contributed by atoms with Gasteiger partial charge < -0.3 is 20.3 Å². The Morgan fingerprint density at radius 1 is 1.08 bits per heavy atom. The Morgan fingerprint density at radius 2 is 1.81 bits per heavy atom. The highest BCUT2D eigenvalue weighted by Crippen LogP contribution is 2.39. The van der Waals surface area contributed by atoms with Crippen LogP contribution in [0.5, 0.6) is 0 Å². The van der Waals surface area contributed by atoms with Crippen molar-refractivity contribution in [3.63, 3.8) is 0 Å². The number of ether oxygens (including phenoxy) is 1. The highest BCUT2D eigenvalue weighted by atomic mass is 16.5. The molecule has 26 heavy (non-hydrogen) atoms. The summed E-state index contributed by atoms with van der Waals surface area (Å²) < 4.78 is 5.77. The van der Waals surface area contributed by atoms with Gasteiger partial charge in [0.15, 0.2) is 0 Å². The van der Waals surface area contributed by atoms with E-state index < -0.39 is 0 Å². The smallest absolute Gasteiger partial charge is 0.253 e. The molecule has 6 heteroatoms. The number of carbonyl (C=O) groups excluding carboxylic acids is 2. The molecule has 4 atom stereocenters. The minimum Gasteiger partial charge on any atom is -0.376 e. The van der Waals surface area contributed by atoms with E-state index in [0.29, 0.717) is 12.0 Å². The van der Waals surface area contributed by atoms with Gasteiger partial charge in [-0.3, -0.25) is 9.59 Å². The van der Waals surface area contributed by atoms with Crippen LogP contribution in [0.25, 0.3) is 0 Å². The molecule has 6 nitrogen and oxygen atoms in total. The first-order valence-electron chi connectivity index (χ1n) is 9.62. The lowest BCUT2D eigenvalue weighted by Gasteiger charge is -2.50. The molecule has 1 saturated carbocycles. The van der Waals surface area contributed by atoms with Gasteiger partial charge in [-0.25, -0.2) is 0 Å². The molecule has 2 N–H and O–H groups in total. The van der Waals surface area contributed by atoms with Crippen LogP contribution >= 0.6 is 0 Å². The van der Waals surface area contributed by atoms with Crippen LogP contribution in [-0.2, 0) is 9.53 Å². The zero-order valence-corrected chi connectivity index (χ0v) is 15.2. The Kier molecular flexibility index (Phi) is 4.96. The van der Waals surface area contributed by atoms with Crippen molar-refractivity contribution in [3.8, 4) is 0 Å². The zero-order valence-electron chi connectivity index (χ0n) is 15.2. The molecule has 2 saturated heterocycles. The molecule has 2 aliphatic heterocycles. The lowest BCUT2D eigenvalue weighted by molar-refractivity contribution is -0.124. The quantitative estimate of drug-likeness (QED) is 0.849. The number of likely N-dealkylation sites (tertiary alicyclic amines) is 1. The molecule has 3 fully saturated rings. The molecule has 140 valence electrons. The predicted molar refractivity (Wildman–Crippen MR) is 97.7 cm³/mol. The Hall–Kier alpha value is -1.92. The van der Waals surface area contributed by atoms with Gasteiger partial charge in [-0.05, 0) is 31.4 Å². The van der Waals surface area contributed by atoms with Crippen molar-refractivity contribution in [2.45, 2.75) is 50.4 Å². The number of nitrogens with one attached hydrogen (secondary N) is 2. The van der Waals surface area contributed by atoms with Gasteiger partial charge in [0, 0.05) is 50.2 Å². The number of piperidine rings is 1. The van der Waals surface area contributed by atoms with Crippen molar-refractivity contribution >= 4 is 11.8 Å². The van der Waals surface area contributed by atoms with E-state index in [0.717, 1.165) is 44.5 Å². The third-order valence-corrected chi connectivity index (χ3v) is 5.99. The van der Waals surface area contributed by atoms with Crippen LogP contribution in [0, 0.1) is 5.92 Å². The highest BCUT2D eigenvalue weighted by molar-refractivity contribution is 5.94. The maximum Gasteiger partial charge on any atom is 0.253 e. The molecule has 0 aromatic heterocycles. The number of carbonyl (C=O) groups is 2. The fourth-order valence-corrected chi connectivity index (χ4v) is 4.63. The van der Waals surface area contributed by atoms with Crippen LogP contribution in [-0.4, -0.2) is 60.6 Å². The molecular weight excluding hydrogens is 330 g/mol. The zero-order chi connectivity index (χ0) is 18.1. The van der Waals surface area contributed by atoms with E-state index in [1.54, 1.807) is 6.92 Å². The second-order valence-electron chi connectivity index (χ2n) is 7.64. The molecule has 1 aromatic rings. The third kappa shape index (κ3) is 3.35. The topological polar surface area (TPSA) is 70.7 Å². The van der Waals surface area contributed by atoms with Crippen LogP contribution < -0.4 is 10.6 Å². The Bertz CT molecular complexity index is 658. The molecule has 0 radical (unpaired) electrons. The van der Waals surface area contributed by atoms with E-state index in [1.165, 1.54) is 0 Å². The van der Waals surface area contributed by atoms with Gasteiger partial charge in [-0.2, -0.15) is 0 Å². The number of hydrogen-bond acceptors (Lipinski definition) is 4. The monoisotopic (exact) mass is 357 g/mol. The Morgan fingerprint density at radius 3 is 2.50 bits per heavy atom. The summed E-state index contributed by atoms with van der Waals surface area (Å²) in [6.45, 7) is 3.89. The SMILES string of the molecule is CC(=O)N[C@H]1[C@H](NC2CCN(C(=O)c3ccccc3)CC2)[C@@H]2CCO[C@@H]21. The van der Waals surface area contributed by atoms with Gasteiger partial charge in [0.25, 0.3) is 5.91 Å². The largest absolute Gasteiger partial charge is 0.376 e. The molecule has 0 bridgehead atoms. The lowest BCUT2D eigenvalue weighted by atomic mass is 9.71. The number of fused-ring (bicyclic) bond motifs is 1. The van der Waals surface area contributed by atoms with Crippen LogP contribution in [0.4, 0.5) is 0 Å². The fourth-order valence-electron chi connectivity index (χ4n) is 4.63.